The van der Waals surface area contributed by atoms with E-state index < -0.39 is 0 Å². The summed E-state index contributed by atoms with van der Waals surface area (Å²) in [6, 6.07) is 8.59. The highest BCUT2D eigenvalue weighted by Crippen LogP contribution is 2.29. The number of fused-ring (bicyclic) bond motifs is 1. The summed E-state index contributed by atoms with van der Waals surface area (Å²) in [6.45, 7) is 8.67. The lowest BCUT2D eigenvalue weighted by molar-refractivity contribution is -0.121. The molecule has 2 heterocycles. The number of rotatable bonds is 9. The average molecular weight is 408 g/mol. The Balaban J connectivity index is 1.36. The molecule has 0 unspecified atom stereocenters. The summed E-state index contributed by atoms with van der Waals surface area (Å²) in [7, 11) is 0. The van der Waals surface area contributed by atoms with Gasteiger partial charge in [0.25, 0.3) is 0 Å². The van der Waals surface area contributed by atoms with E-state index in [1.165, 1.54) is 4.70 Å². The fourth-order valence-electron chi connectivity index (χ4n) is 3.31. The molecule has 3 rings (SSSR count). The van der Waals surface area contributed by atoms with E-state index in [1.54, 1.807) is 23.1 Å². The minimum atomic E-state index is 0.152. The number of morpholine rings is 1. The fourth-order valence-corrected chi connectivity index (χ4v) is 5.39. The number of benzene rings is 1. The molecule has 5 nitrogen and oxygen atoms in total. The molecule has 2 aromatic rings. The quantitative estimate of drug-likeness (QED) is 0.508. The number of hydrogen-bond donors (Lipinski definition) is 1. The topological polar surface area (TPSA) is 54.5 Å². The number of thioether (sulfide) groups is 1. The third kappa shape index (κ3) is 6.17. The molecule has 1 N–H and O–H groups in total. The van der Waals surface area contributed by atoms with E-state index in [0.717, 1.165) is 54.9 Å². The zero-order chi connectivity index (χ0) is 19.1. The van der Waals surface area contributed by atoms with Gasteiger partial charge in [0.05, 0.1) is 23.4 Å². The number of carbonyl (C=O) groups is 1. The summed E-state index contributed by atoms with van der Waals surface area (Å²) in [5.74, 6) is 1.58. The molecule has 1 atom stereocenters. The van der Waals surface area contributed by atoms with Gasteiger partial charge in [-0.3, -0.25) is 9.69 Å². The third-order valence-corrected chi connectivity index (χ3v) is 7.11. The van der Waals surface area contributed by atoms with Crippen molar-refractivity contribution in [2.45, 2.75) is 37.1 Å². The van der Waals surface area contributed by atoms with Crippen LogP contribution in [0.3, 0.4) is 0 Å². The van der Waals surface area contributed by atoms with Gasteiger partial charge >= 0.3 is 0 Å². The largest absolute Gasteiger partial charge is 0.379 e. The highest BCUT2D eigenvalue weighted by Gasteiger charge is 2.24. The Kier molecular flexibility index (Phi) is 7.93. The van der Waals surface area contributed by atoms with Gasteiger partial charge in [0, 0.05) is 37.8 Å². The zero-order valence-electron chi connectivity index (χ0n) is 16.1. The van der Waals surface area contributed by atoms with Gasteiger partial charge in [-0.15, -0.1) is 11.3 Å². The van der Waals surface area contributed by atoms with E-state index in [-0.39, 0.29) is 5.91 Å². The second-order valence-electron chi connectivity index (χ2n) is 7.16. The van der Waals surface area contributed by atoms with Gasteiger partial charge in [0.1, 0.15) is 0 Å². The zero-order valence-corrected chi connectivity index (χ0v) is 17.8. The fraction of sp³-hybridized carbons (Fsp3) is 0.600. The predicted octanol–water partition coefficient (Wildman–Crippen LogP) is 3.64. The first-order chi connectivity index (χ1) is 13.1. The van der Waals surface area contributed by atoms with Crippen LogP contribution in [0.1, 0.15) is 26.7 Å². The first kappa shape index (κ1) is 20.6. The van der Waals surface area contributed by atoms with Gasteiger partial charge in [-0.1, -0.05) is 37.7 Å². The number of nitrogens with one attached hydrogen (secondary N) is 1. The Labute approximate surface area is 169 Å². The Morgan fingerprint density at radius 1 is 1.33 bits per heavy atom. The van der Waals surface area contributed by atoms with Crippen LogP contribution in [0.25, 0.3) is 10.2 Å². The van der Waals surface area contributed by atoms with E-state index in [2.05, 4.69) is 35.1 Å². The van der Waals surface area contributed by atoms with Crippen LogP contribution in [0, 0.1) is 5.92 Å². The molecule has 7 heteroatoms. The van der Waals surface area contributed by atoms with Crippen LogP contribution >= 0.6 is 23.1 Å². The number of carbonyl (C=O) groups excluding carboxylic acids is 1. The van der Waals surface area contributed by atoms with Crippen LogP contribution in [0.4, 0.5) is 0 Å². The molecule has 0 radical (unpaired) electrons. The Bertz CT molecular complexity index is 696. The number of hydrogen-bond acceptors (Lipinski definition) is 6. The molecule has 1 aliphatic rings. The standard InChI is InChI=1S/C20H29N3O2S2/c1-15(2)17(23-9-11-25-12-10-23)14-21-19(24)8-5-13-26-20-22-16-6-3-4-7-18(16)27-20/h3-4,6-7,15,17H,5,8-14H2,1-2H3,(H,21,24)/t17-/m0/s1. The van der Waals surface area contributed by atoms with E-state index in [9.17, 15) is 4.79 Å². The predicted molar refractivity (Wildman–Crippen MR) is 114 cm³/mol. The lowest BCUT2D eigenvalue weighted by atomic mass is 10.0. The molecule has 0 spiro atoms. The maximum Gasteiger partial charge on any atom is 0.220 e. The molecule has 0 saturated carbocycles. The minimum absolute atomic E-state index is 0.152. The van der Waals surface area contributed by atoms with Crippen molar-refractivity contribution >= 4 is 39.2 Å². The van der Waals surface area contributed by atoms with Gasteiger partial charge in [0.2, 0.25) is 5.91 Å². The Morgan fingerprint density at radius 3 is 2.85 bits per heavy atom. The van der Waals surface area contributed by atoms with Gasteiger partial charge < -0.3 is 10.1 Å². The molecule has 1 aromatic carbocycles. The third-order valence-electron chi connectivity index (χ3n) is 4.84. The molecule has 148 valence electrons. The van der Waals surface area contributed by atoms with E-state index in [0.29, 0.717) is 18.4 Å². The number of thiazole rings is 1. The molecule has 1 fully saturated rings. The molecular formula is C20H29N3O2S2. The molecule has 0 bridgehead atoms. The van der Waals surface area contributed by atoms with Crippen LogP contribution < -0.4 is 5.32 Å². The first-order valence-electron chi connectivity index (χ1n) is 9.70. The average Bonchev–Trinajstić information content (AvgIpc) is 3.09. The first-order valence-corrected chi connectivity index (χ1v) is 11.5. The molecule has 27 heavy (non-hydrogen) atoms. The molecule has 0 aliphatic carbocycles. The van der Waals surface area contributed by atoms with Gasteiger partial charge in [-0.05, 0) is 24.5 Å². The van der Waals surface area contributed by atoms with Crippen molar-refractivity contribution in [3.05, 3.63) is 24.3 Å². The maximum atomic E-state index is 12.2. The SMILES string of the molecule is CC(C)[C@H](CNC(=O)CCCSc1nc2ccccc2s1)N1CCOCC1. The summed E-state index contributed by atoms with van der Waals surface area (Å²) in [6.07, 6.45) is 1.45. The highest BCUT2D eigenvalue weighted by molar-refractivity contribution is 8.01. The van der Waals surface area contributed by atoms with Crippen molar-refractivity contribution < 1.29 is 9.53 Å². The summed E-state index contributed by atoms with van der Waals surface area (Å²) >= 11 is 3.47. The smallest absolute Gasteiger partial charge is 0.220 e. The maximum absolute atomic E-state index is 12.2. The van der Waals surface area contributed by atoms with E-state index >= 15 is 0 Å². The van der Waals surface area contributed by atoms with Crippen LogP contribution in [-0.2, 0) is 9.53 Å². The van der Waals surface area contributed by atoms with Crippen LogP contribution in [0.15, 0.2) is 28.6 Å². The van der Waals surface area contributed by atoms with Crippen molar-refractivity contribution in [3.8, 4) is 0 Å². The molecule has 1 saturated heterocycles. The van der Waals surface area contributed by atoms with Crippen molar-refractivity contribution in [2.75, 3.05) is 38.6 Å². The number of ether oxygens (including phenoxy) is 1. The number of aromatic nitrogens is 1. The molecular weight excluding hydrogens is 378 g/mol. The van der Waals surface area contributed by atoms with Crippen molar-refractivity contribution in [1.82, 2.24) is 15.2 Å². The molecule has 1 aromatic heterocycles. The summed E-state index contributed by atoms with van der Waals surface area (Å²) in [5, 5.41) is 3.14. The monoisotopic (exact) mass is 407 g/mol. The van der Waals surface area contributed by atoms with Crippen molar-refractivity contribution in [2.24, 2.45) is 5.92 Å². The molecule has 1 amide bonds. The van der Waals surface area contributed by atoms with E-state index in [1.807, 2.05) is 18.2 Å². The summed E-state index contributed by atoms with van der Waals surface area (Å²) in [5.41, 5.74) is 1.06. The minimum Gasteiger partial charge on any atom is -0.379 e. The van der Waals surface area contributed by atoms with Gasteiger partial charge in [-0.2, -0.15) is 0 Å². The highest BCUT2D eigenvalue weighted by atomic mass is 32.2. The Morgan fingerprint density at radius 2 is 2.11 bits per heavy atom. The second-order valence-corrected chi connectivity index (χ2v) is 9.54. The van der Waals surface area contributed by atoms with Crippen LogP contribution in [-0.4, -0.2) is 60.4 Å². The van der Waals surface area contributed by atoms with Crippen molar-refractivity contribution in [1.29, 1.82) is 0 Å². The van der Waals surface area contributed by atoms with E-state index in [4.69, 9.17) is 4.74 Å². The number of nitrogens with zero attached hydrogens (tertiary/aromatic N) is 2. The van der Waals surface area contributed by atoms with Crippen LogP contribution in [0.5, 0.6) is 0 Å². The molecule has 1 aliphatic heterocycles. The lowest BCUT2D eigenvalue weighted by Crippen LogP contribution is -2.51. The van der Waals surface area contributed by atoms with Crippen molar-refractivity contribution in [3.63, 3.8) is 0 Å². The second kappa shape index (κ2) is 10.4. The normalized spacial score (nSPS) is 16.7. The number of para-hydroxylation sites is 1. The van der Waals surface area contributed by atoms with Crippen LogP contribution in [0.2, 0.25) is 0 Å². The van der Waals surface area contributed by atoms with Gasteiger partial charge in [-0.25, -0.2) is 4.98 Å². The Hall–Kier alpha value is -1.15. The summed E-state index contributed by atoms with van der Waals surface area (Å²) in [4.78, 5) is 19.3. The summed E-state index contributed by atoms with van der Waals surface area (Å²) < 4.78 is 7.75. The van der Waals surface area contributed by atoms with Gasteiger partial charge in [0.15, 0.2) is 4.34 Å². The lowest BCUT2D eigenvalue weighted by Gasteiger charge is -2.36. The number of amides is 1.